The summed E-state index contributed by atoms with van der Waals surface area (Å²) >= 11 is 0. The van der Waals surface area contributed by atoms with Crippen LogP contribution in [0.25, 0.3) is 0 Å². The molecule has 3 N–H and O–H groups in total. The minimum absolute atomic E-state index is 0.108. The Morgan fingerprint density at radius 3 is 2.80 bits per heavy atom. The maximum Gasteiger partial charge on any atom is 0.270 e. The van der Waals surface area contributed by atoms with E-state index < -0.39 is 5.91 Å². The van der Waals surface area contributed by atoms with Crippen LogP contribution in [0.3, 0.4) is 0 Å². The number of nitrogens with zero attached hydrogens (tertiary/aromatic N) is 1. The minimum atomic E-state index is -0.635. The van der Waals surface area contributed by atoms with Crippen LogP contribution in [0.4, 0.5) is 0 Å². The van der Waals surface area contributed by atoms with Gasteiger partial charge in [-0.15, -0.1) is 0 Å². The van der Waals surface area contributed by atoms with Crippen molar-refractivity contribution in [2.45, 2.75) is 18.9 Å². The molecule has 1 aromatic rings. The second-order valence-electron chi connectivity index (χ2n) is 3.51. The zero-order valence-electron chi connectivity index (χ0n) is 8.06. The Hall–Kier alpha value is -1.91. The van der Waals surface area contributed by atoms with Gasteiger partial charge in [0.1, 0.15) is 5.69 Å². The zero-order chi connectivity index (χ0) is 10.8. The van der Waals surface area contributed by atoms with E-state index in [2.05, 4.69) is 10.3 Å². The van der Waals surface area contributed by atoms with Crippen molar-refractivity contribution in [2.24, 2.45) is 5.73 Å². The molecular formula is C10H11N3O2. The second-order valence-corrected chi connectivity index (χ2v) is 3.51. The Balaban J connectivity index is 2.24. The summed E-state index contributed by atoms with van der Waals surface area (Å²) in [5.74, 6) is -0.962. The quantitative estimate of drug-likeness (QED) is 0.732. The number of nitrogens with one attached hydrogen (secondary N) is 1. The molecule has 0 aromatic carbocycles. The van der Waals surface area contributed by atoms with Crippen molar-refractivity contribution in [3.05, 3.63) is 29.6 Å². The van der Waals surface area contributed by atoms with Gasteiger partial charge in [-0.3, -0.25) is 14.6 Å². The van der Waals surface area contributed by atoms with Crippen molar-refractivity contribution in [3.8, 4) is 0 Å². The molecule has 1 heterocycles. The first-order valence-electron chi connectivity index (χ1n) is 4.74. The maximum atomic E-state index is 11.6. The van der Waals surface area contributed by atoms with Crippen LogP contribution < -0.4 is 11.1 Å². The standard InChI is InChI=1S/C10H11N3O2/c11-9(14)7-2-1-5-12-8(7)10(15)13-6-3-4-6/h1-2,5-6H,3-4H2,(H2,11,14)(H,13,15). The highest BCUT2D eigenvalue weighted by Crippen LogP contribution is 2.19. The lowest BCUT2D eigenvalue weighted by molar-refractivity contribution is 0.0929. The third kappa shape index (κ3) is 2.12. The van der Waals surface area contributed by atoms with Crippen LogP contribution in [0.1, 0.15) is 33.7 Å². The van der Waals surface area contributed by atoms with Crippen LogP contribution in [-0.4, -0.2) is 22.8 Å². The highest BCUT2D eigenvalue weighted by atomic mass is 16.2. The number of amides is 2. The summed E-state index contributed by atoms with van der Waals surface area (Å²) in [7, 11) is 0. The molecule has 2 amide bonds. The van der Waals surface area contributed by atoms with Crippen LogP contribution in [0, 0.1) is 0 Å². The molecule has 0 unspecified atom stereocenters. The minimum Gasteiger partial charge on any atom is -0.366 e. The molecule has 1 fully saturated rings. The predicted octanol–water partition coefficient (Wildman–Crippen LogP) is 0.0727. The lowest BCUT2D eigenvalue weighted by Gasteiger charge is -2.05. The lowest BCUT2D eigenvalue weighted by Crippen LogP contribution is -2.29. The van der Waals surface area contributed by atoms with Crippen molar-refractivity contribution in [3.63, 3.8) is 0 Å². The van der Waals surface area contributed by atoms with E-state index in [1.54, 1.807) is 6.07 Å². The summed E-state index contributed by atoms with van der Waals surface area (Å²) in [5.41, 5.74) is 5.41. The van der Waals surface area contributed by atoms with E-state index in [-0.39, 0.29) is 23.2 Å². The van der Waals surface area contributed by atoms with Gasteiger partial charge in [0.2, 0.25) is 0 Å². The molecule has 2 rings (SSSR count). The van der Waals surface area contributed by atoms with Gasteiger partial charge >= 0.3 is 0 Å². The van der Waals surface area contributed by atoms with Crippen LogP contribution in [-0.2, 0) is 0 Å². The van der Waals surface area contributed by atoms with Gasteiger partial charge in [0.25, 0.3) is 11.8 Å². The number of hydrogen-bond acceptors (Lipinski definition) is 3. The van der Waals surface area contributed by atoms with Crippen LogP contribution in [0.2, 0.25) is 0 Å². The number of aromatic nitrogens is 1. The second kappa shape index (κ2) is 3.68. The molecule has 1 aromatic heterocycles. The van der Waals surface area contributed by atoms with E-state index in [0.717, 1.165) is 12.8 Å². The predicted molar refractivity (Wildman–Crippen MR) is 53.2 cm³/mol. The van der Waals surface area contributed by atoms with Crippen LogP contribution in [0.5, 0.6) is 0 Å². The summed E-state index contributed by atoms with van der Waals surface area (Å²) in [4.78, 5) is 26.5. The van der Waals surface area contributed by atoms with Crippen LogP contribution in [0.15, 0.2) is 18.3 Å². The molecule has 5 nitrogen and oxygen atoms in total. The van der Waals surface area contributed by atoms with Gasteiger partial charge in [-0.05, 0) is 25.0 Å². The highest BCUT2D eigenvalue weighted by molar-refractivity contribution is 6.05. The average molecular weight is 205 g/mol. The third-order valence-electron chi connectivity index (χ3n) is 2.20. The van der Waals surface area contributed by atoms with E-state index in [1.165, 1.54) is 12.3 Å². The summed E-state index contributed by atoms with van der Waals surface area (Å²) in [6, 6.07) is 3.31. The van der Waals surface area contributed by atoms with Gasteiger partial charge in [0, 0.05) is 12.2 Å². The molecule has 0 bridgehead atoms. The topological polar surface area (TPSA) is 85.1 Å². The Bertz CT molecular complexity index is 413. The summed E-state index contributed by atoms with van der Waals surface area (Å²) in [6.07, 6.45) is 3.45. The first-order valence-corrected chi connectivity index (χ1v) is 4.74. The number of primary amides is 1. The largest absolute Gasteiger partial charge is 0.366 e. The fraction of sp³-hybridized carbons (Fsp3) is 0.300. The maximum absolute atomic E-state index is 11.6. The zero-order valence-corrected chi connectivity index (χ0v) is 8.06. The molecule has 0 spiro atoms. The Morgan fingerprint density at radius 1 is 1.47 bits per heavy atom. The number of rotatable bonds is 3. The Morgan fingerprint density at radius 2 is 2.20 bits per heavy atom. The molecular weight excluding hydrogens is 194 g/mol. The SMILES string of the molecule is NC(=O)c1cccnc1C(=O)NC1CC1. The molecule has 1 aliphatic carbocycles. The molecule has 78 valence electrons. The molecule has 1 aliphatic rings. The Labute approximate surface area is 86.7 Å². The van der Waals surface area contributed by atoms with Crippen molar-refractivity contribution in [2.75, 3.05) is 0 Å². The average Bonchev–Trinajstić information content (AvgIpc) is 3.01. The monoisotopic (exact) mass is 205 g/mol. The van der Waals surface area contributed by atoms with Gasteiger partial charge in [-0.1, -0.05) is 0 Å². The molecule has 0 saturated heterocycles. The number of nitrogens with two attached hydrogens (primary N) is 1. The fourth-order valence-electron chi connectivity index (χ4n) is 1.27. The van der Waals surface area contributed by atoms with Crippen molar-refractivity contribution in [1.29, 1.82) is 0 Å². The number of pyridine rings is 1. The molecule has 0 atom stereocenters. The first-order chi connectivity index (χ1) is 7.18. The summed E-state index contributed by atoms with van der Waals surface area (Å²) in [6.45, 7) is 0. The van der Waals surface area contributed by atoms with Crippen molar-refractivity contribution in [1.82, 2.24) is 10.3 Å². The van der Waals surface area contributed by atoms with Gasteiger partial charge in [-0.25, -0.2) is 0 Å². The Kier molecular flexibility index (Phi) is 2.37. The molecule has 5 heteroatoms. The smallest absolute Gasteiger partial charge is 0.270 e. The van der Waals surface area contributed by atoms with Crippen molar-refractivity contribution >= 4 is 11.8 Å². The first kappa shape index (κ1) is 9.64. The number of carbonyl (C=O) groups is 2. The van der Waals surface area contributed by atoms with Gasteiger partial charge < -0.3 is 11.1 Å². The molecule has 1 saturated carbocycles. The van der Waals surface area contributed by atoms with Gasteiger partial charge in [-0.2, -0.15) is 0 Å². The molecule has 0 aliphatic heterocycles. The lowest BCUT2D eigenvalue weighted by atomic mass is 10.1. The third-order valence-corrected chi connectivity index (χ3v) is 2.20. The number of hydrogen-bond donors (Lipinski definition) is 2. The summed E-state index contributed by atoms with van der Waals surface area (Å²) in [5, 5.41) is 2.76. The summed E-state index contributed by atoms with van der Waals surface area (Å²) < 4.78 is 0. The molecule has 0 radical (unpaired) electrons. The highest BCUT2D eigenvalue weighted by Gasteiger charge is 2.26. The van der Waals surface area contributed by atoms with E-state index in [9.17, 15) is 9.59 Å². The van der Waals surface area contributed by atoms with Gasteiger partial charge in [0.15, 0.2) is 0 Å². The molecule has 15 heavy (non-hydrogen) atoms. The van der Waals surface area contributed by atoms with Crippen molar-refractivity contribution < 1.29 is 9.59 Å². The van der Waals surface area contributed by atoms with Crippen LogP contribution >= 0.6 is 0 Å². The van der Waals surface area contributed by atoms with E-state index in [1.807, 2.05) is 0 Å². The van der Waals surface area contributed by atoms with E-state index in [0.29, 0.717) is 0 Å². The van der Waals surface area contributed by atoms with Gasteiger partial charge in [0.05, 0.1) is 5.56 Å². The normalized spacial score (nSPS) is 14.7. The fourth-order valence-corrected chi connectivity index (χ4v) is 1.27. The van der Waals surface area contributed by atoms with E-state index >= 15 is 0 Å². The number of carbonyl (C=O) groups excluding carboxylic acids is 2. The van der Waals surface area contributed by atoms with E-state index in [4.69, 9.17) is 5.73 Å².